The minimum absolute atomic E-state index is 0. The second kappa shape index (κ2) is 12.8. The summed E-state index contributed by atoms with van der Waals surface area (Å²) in [6.07, 6.45) is 0. The molecule has 0 atom stereocenters. The van der Waals surface area contributed by atoms with Crippen molar-refractivity contribution in [3.05, 3.63) is 57.3 Å². The minimum Gasteiger partial charge on any atom is -0.357 e. The number of carbonyl (C=O) groups excluding carboxylic acids is 1. The molecule has 0 spiro atoms. The Morgan fingerprint density at radius 1 is 1.04 bits per heavy atom. The van der Waals surface area contributed by atoms with Crippen LogP contribution < -0.4 is 10.6 Å². The normalized spacial score (nSPS) is 10.9. The third-order valence-corrected chi connectivity index (χ3v) is 5.24. The number of aliphatic imine (C=N–C) groups is 1. The van der Waals surface area contributed by atoms with E-state index in [0.717, 1.165) is 43.3 Å². The molecule has 0 saturated heterocycles. The molecule has 0 aliphatic rings. The van der Waals surface area contributed by atoms with Gasteiger partial charge in [0.2, 0.25) is 0 Å². The fourth-order valence-electron chi connectivity index (χ4n) is 2.71. The quantitative estimate of drug-likeness (QED) is 0.312. The molecular formula is C21H31IN4OS. The summed E-state index contributed by atoms with van der Waals surface area (Å²) in [6, 6.07) is 12.0. The Morgan fingerprint density at radius 2 is 1.71 bits per heavy atom. The van der Waals surface area contributed by atoms with Crippen LogP contribution in [-0.4, -0.2) is 36.4 Å². The van der Waals surface area contributed by atoms with Crippen molar-refractivity contribution in [3.8, 4) is 0 Å². The fraction of sp³-hybridized carbons (Fsp3) is 0.429. The summed E-state index contributed by atoms with van der Waals surface area (Å²) in [6.45, 7) is 11.8. The first-order valence-corrected chi connectivity index (χ1v) is 10.3. The van der Waals surface area contributed by atoms with Crippen LogP contribution in [0.15, 0.2) is 41.4 Å². The van der Waals surface area contributed by atoms with Crippen LogP contribution in [0.25, 0.3) is 0 Å². The SMILES string of the molecule is CCNC(=NCc1ccc(C(=O)N(CC)CC)cc1)NCc1ccc(C)s1.I. The third kappa shape index (κ3) is 7.43. The molecule has 154 valence electrons. The number of carbonyl (C=O) groups is 1. The molecule has 2 N–H and O–H groups in total. The first kappa shape index (κ1) is 24.4. The van der Waals surface area contributed by atoms with Gasteiger partial charge in [-0.1, -0.05) is 12.1 Å². The average Bonchev–Trinajstić information content (AvgIpc) is 3.10. The van der Waals surface area contributed by atoms with Crippen molar-refractivity contribution in [2.24, 2.45) is 4.99 Å². The number of thiophene rings is 1. The Bertz CT molecular complexity index is 754. The van der Waals surface area contributed by atoms with Gasteiger partial charge in [-0.05, 0) is 57.5 Å². The van der Waals surface area contributed by atoms with E-state index < -0.39 is 0 Å². The number of nitrogens with one attached hydrogen (secondary N) is 2. The molecule has 0 bridgehead atoms. The predicted octanol–water partition coefficient (Wildman–Crippen LogP) is 4.41. The highest BCUT2D eigenvalue weighted by Gasteiger charge is 2.11. The van der Waals surface area contributed by atoms with E-state index in [2.05, 4.69) is 41.6 Å². The van der Waals surface area contributed by atoms with Gasteiger partial charge in [0.15, 0.2) is 5.96 Å². The van der Waals surface area contributed by atoms with Crippen molar-refractivity contribution in [1.82, 2.24) is 15.5 Å². The van der Waals surface area contributed by atoms with Crippen LogP contribution in [0.1, 0.15) is 46.4 Å². The standard InChI is InChI=1S/C21H30N4OS.HI/c1-5-22-21(24-15-19-13-8-16(4)27-19)23-14-17-9-11-18(12-10-17)20(26)25(6-2)7-3;/h8-13H,5-7,14-15H2,1-4H3,(H2,22,23,24);1H. The first-order chi connectivity index (χ1) is 13.1. The zero-order chi connectivity index (χ0) is 19.6. The Labute approximate surface area is 189 Å². The van der Waals surface area contributed by atoms with E-state index in [1.165, 1.54) is 9.75 Å². The van der Waals surface area contributed by atoms with Gasteiger partial charge in [0.1, 0.15) is 0 Å². The summed E-state index contributed by atoms with van der Waals surface area (Å²) in [4.78, 5) is 21.5. The molecule has 28 heavy (non-hydrogen) atoms. The van der Waals surface area contributed by atoms with E-state index in [1.54, 1.807) is 11.3 Å². The first-order valence-electron chi connectivity index (χ1n) is 9.53. The lowest BCUT2D eigenvalue weighted by Crippen LogP contribution is -2.36. The van der Waals surface area contributed by atoms with Crippen molar-refractivity contribution in [2.45, 2.75) is 40.8 Å². The van der Waals surface area contributed by atoms with Crippen LogP contribution in [-0.2, 0) is 13.1 Å². The van der Waals surface area contributed by atoms with Crippen molar-refractivity contribution in [2.75, 3.05) is 19.6 Å². The van der Waals surface area contributed by atoms with Crippen LogP contribution >= 0.6 is 35.3 Å². The van der Waals surface area contributed by atoms with E-state index in [9.17, 15) is 4.79 Å². The summed E-state index contributed by atoms with van der Waals surface area (Å²) >= 11 is 1.79. The predicted molar refractivity (Wildman–Crippen MR) is 130 cm³/mol. The highest BCUT2D eigenvalue weighted by atomic mass is 127. The molecular weight excluding hydrogens is 483 g/mol. The average molecular weight is 514 g/mol. The van der Waals surface area contributed by atoms with Crippen molar-refractivity contribution >= 4 is 47.2 Å². The third-order valence-electron chi connectivity index (χ3n) is 4.24. The molecule has 0 fully saturated rings. The molecule has 1 aromatic heterocycles. The number of hydrogen-bond donors (Lipinski definition) is 2. The number of hydrogen-bond acceptors (Lipinski definition) is 3. The van der Waals surface area contributed by atoms with Gasteiger partial charge in [-0.3, -0.25) is 4.79 Å². The van der Waals surface area contributed by atoms with Crippen LogP contribution in [0.2, 0.25) is 0 Å². The zero-order valence-corrected chi connectivity index (χ0v) is 20.3. The smallest absolute Gasteiger partial charge is 0.253 e. The summed E-state index contributed by atoms with van der Waals surface area (Å²) in [5, 5.41) is 6.64. The van der Waals surface area contributed by atoms with Gasteiger partial charge in [0, 0.05) is 35.0 Å². The maximum Gasteiger partial charge on any atom is 0.253 e. The summed E-state index contributed by atoms with van der Waals surface area (Å²) < 4.78 is 0. The number of guanidine groups is 1. The fourth-order valence-corrected chi connectivity index (χ4v) is 3.54. The van der Waals surface area contributed by atoms with Crippen molar-refractivity contribution in [3.63, 3.8) is 0 Å². The second-order valence-corrected chi connectivity index (χ2v) is 7.61. The molecule has 5 nitrogen and oxygen atoms in total. The number of halogens is 1. The summed E-state index contributed by atoms with van der Waals surface area (Å²) in [7, 11) is 0. The number of aryl methyl sites for hydroxylation is 1. The highest BCUT2D eigenvalue weighted by Crippen LogP contribution is 2.14. The number of benzene rings is 1. The molecule has 1 heterocycles. The molecule has 0 aliphatic heterocycles. The zero-order valence-electron chi connectivity index (χ0n) is 17.1. The minimum atomic E-state index is 0. The molecule has 1 amide bonds. The molecule has 0 unspecified atom stereocenters. The van der Waals surface area contributed by atoms with E-state index in [0.29, 0.717) is 6.54 Å². The van der Waals surface area contributed by atoms with E-state index >= 15 is 0 Å². The Kier molecular flexibility index (Phi) is 11.1. The molecule has 0 saturated carbocycles. The largest absolute Gasteiger partial charge is 0.357 e. The second-order valence-electron chi connectivity index (χ2n) is 6.24. The van der Waals surface area contributed by atoms with Gasteiger partial charge < -0.3 is 15.5 Å². The van der Waals surface area contributed by atoms with Gasteiger partial charge in [-0.2, -0.15) is 0 Å². The van der Waals surface area contributed by atoms with E-state index in [4.69, 9.17) is 0 Å². The van der Waals surface area contributed by atoms with Gasteiger partial charge in [0.25, 0.3) is 5.91 Å². The van der Waals surface area contributed by atoms with Gasteiger partial charge in [0.05, 0.1) is 13.1 Å². The van der Waals surface area contributed by atoms with Crippen molar-refractivity contribution in [1.29, 1.82) is 0 Å². The lowest BCUT2D eigenvalue weighted by Gasteiger charge is -2.18. The van der Waals surface area contributed by atoms with E-state index in [1.807, 2.05) is 43.0 Å². The highest BCUT2D eigenvalue weighted by molar-refractivity contribution is 14.0. The van der Waals surface area contributed by atoms with E-state index in [-0.39, 0.29) is 29.9 Å². The van der Waals surface area contributed by atoms with Crippen LogP contribution in [0.5, 0.6) is 0 Å². The van der Waals surface area contributed by atoms with Crippen LogP contribution in [0, 0.1) is 6.92 Å². The van der Waals surface area contributed by atoms with Gasteiger partial charge in [-0.25, -0.2) is 4.99 Å². The van der Waals surface area contributed by atoms with Crippen LogP contribution in [0.3, 0.4) is 0 Å². The number of rotatable bonds is 8. The molecule has 7 heteroatoms. The maximum absolute atomic E-state index is 12.4. The molecule has 1 aromatic carbocycles. The Morgan fingerprint density at radius 3 is 2.25 bits per heavy atom. The summed E-state index contributed by atoms with van der Waals surface area (Å²) in [5.74, 6) is 0.878. The van der Waals surface area contributed by atoms with Gasteiger partial charge >= 0.3 is 0 Å². The van der Waals surface area contributed by atoms with Gasteiger partial charge in [-0.15, -0.1) is 35.3 Å². The topological polar surface area (TPSA) is 56.7 Å². The van der Waals surface area contributed by atoms with Crippen LogP contribution in [0.4, 0.5) is 0 Å². The Balaban J connectivity index is 0.00000392. The monoisotopic (exact) mass is 514 g/mol. The summed E-state index contributed by atoms with van der Waals surface area (Å²) in [5.41, 5.74) is 1.81. The molecule has 0 aliphatic carbocycles. The lowest BCUT2D eigenvalue weighted by molar-refractivity contribution is 0.0773. The molecule has 2 rings (SSSR count). The Hall–Kier alpha value is -1.61. The maximum atomic E-state index is 12.4. The molecule has 2 aromatic rings. The lowest BCUT2D eigenvalue weighted by atomic mass is 10.1. The number of amides is 1. The van der Waals surface area contributed by atoms with Crippen molar-refractivity contribution < 1.29 is 4.79 Å². The number of nitrogens with zero attached hydrogens (tertiary/aromatic N) is 2. The molecule has 0 radical (unpaired) electrons.